The van der Waals surface area contributed by atoms with E-state index in [4.69, 9.17) is 0 Å². The molecule has 0 aliphatic heterocycles. The summed E-state index contributed by atoms with van der Waals surface area (Å²) in [5.41, 5.74) is 0.879. The fourth-order valence-electron chi connectivity index (χ4n) is 2.40. The molecule has 0 aliphatic rings. The predicted octanol–water partition coefficient (Wildman–Crippen LogP) is 3.25. The Morgan fingerprint density at radius 2 is 1.88 bits per heavy atom. The maximum atomic E-state index is 12.7. The van der Waals surface area contributed by atoms with Gasteiger partial charge in [-0.25, -0.2) is 8.42 Å². The SMILES string of the molecule is CCN(CC)S(=O)(=O)c1cc(NC(=O)c2ccc([N+](=O)[O-])s2)ccc1C. The van der Waals surface area contributed by atoms with E-state index in [0.29, 0.717) is 24.3 Å². The fourth-order valence-corrected chi connectivity index (χ4v) is 4.82. The molecular weight excluding hydrogens is 378 g/mol. The summed E-state index contributed by atoms with van der Waals surface area (Å²) in [6.07, 6.45) is 0. The highest BCUT2D eigenvalue weighted by atomic mass is 32.2. The van der Waals surface area contributed by atoms with Crippen LogP contribution >= 0.6 is 11.3 Å². The number of thiophene rings is 1. The van der Waals surface area contributed by atoms with E-state index in [0.717, 1.165) is 11.3 Å². The number of anilines is 1. The van der Waals surface area contributed by atoms with Crippen molar-refractivity contribution in [1.29, 1.82) is 0 Å². The number of carbonyl (C=O) groups is 1. The van der Waals surface area contributed by atoms with Gasteiger partial charge in [0.25, 0.3) is 5.91 Å². The average Bonchev–Trinajstić information content (AvgIpc) is 3.07. The van der Waals surface area contributed by atoms with E-state index in [1.165, 1.54) is 22.5 Å². The van der Waals surface area contributed by atoms with Gasteiger partial charge < -0.3 is 5.32 Å². The van der Waals surface area contributed by atoms with E-state index in [9.17, 15) is 23.3 Å². The maximum Gasteiger partial charge on any atom is 0.324 e. The van der Waals surface area contributed by atoms with Crippen molar-refractivity contribution in [2.45, 2.75) is 25.7 Å². The van der Waals surface area contributed by atoms with Crippen molar-refractivity contribution >= 4 is 38.0 Å². The molecule has 0 fully saturated rings. The number of nitro groups is 1. The molecule has 1 N–H and O–H groups in total. The van der Waals surface area contributed by atoms with Crippen molar-refractivity contribution in [2.24, 2.45) is 0 Å². The van der Waals surface area contributed by atoms with E-state index in [1.807, 2.05) is 0 Å². The summed E-state index contributed by atoms with van der Waals surface area (Å²) in [5.74, 6) is -0.529. The summed E-state index contributed by atoms with van der Waals surface area (Å²) >= 11 is 0.756. The Kier molecular flexibility index (Phi) is 6.11. The van der Waals surface area contributed by atoms with Gasteiger partial charge in [-0.05, 0) is 30.7 Å². The molecule has 0 radical (unpaired) electrons. The number of sulfonamides is 1. The van der Waals surface area contributed by atoms with Crippen molar-refractivity contribution in [3.05, 3.63) is 50.9 Å². The zero-order valence-electron chi connectivity index (χ0n) is 14.6. The van der Waals surface area contributed by atoms with E-state index >= 15 is 0 Å². The number of rotatable bonds is 7. The molecule has 8 nitrogen and oxygen atoms in total. The molecular formula is C16H19N3O5S2. The normalized spacial score (nSPS) is 11.5. The predicted molar refractivity (Wildman–Crippen MR) is 100 cm³/mol. The smallest absolute Gasteiger partial charge is 0.321 e. The Bertz CT molecular complexity index is 933. The molecule has 0 saturated heterocycles. The topological polar surface area (TPSA) is 110 Å². The first-order valence-electron chi connectivity index (χ1n) is 7.87. The Balaban J connectivity index is 2.31. The lowest BCUT2D eigenvalue weighted by Gasteiger charge is -2.20. The quantitative estimate of drug-likeness (QED) is 0.570. The van der Waals surface area contributed by atoms with Crippen molar-refractivity contribution in [3.63, 3.8) is 0 Å². The van der Waals surface area contributed by atoms with Gasteiger partial charge in [-0.2, -0.15) is 4.31 Å². The number of benzene rings is 1. The molecule has 26 heavy (non-hydrogen) atoms. The highest BCUT2D eigenvalue weighted by Crippen LogP contribution is 2.27. The van der Waals surface area contributed by atoms with Crippen molar-refractivity contribution < 1.29 is 18.1 Å². The van der Waals surface area contributed by atoms with Crippen LogP contribution < -0.4 is 5.32 Å². The van der Waals surface area contributed by atoms with Crippen LogP contribution in [0.3, 0.4) is 0 Å². The van der Waals surface area contributed by atoms with Crippen LogP contribution in [0.4, 0.5) is 10.7 Å². The molecule has 0 atom stereocenters. The molecule has 0 aliphatic carbocycles. The summed E-state index contributed by atoms with van der Waals surface area (Å²) < 4.78 is 26.8. The van der Waals surface area contributed by atoms with E-state index in [-0.39, 0.29) is 14.8 Å². The largest absolute Gasteiger partial charge is 0.324 e. The van der Waals surface area contributed by atoms with Gasteiger partial charge in [0, 0.05) is 24.8 Å². The van der Waals surface area contributed by atoms with Crippen molar-refractivity contribution in [3.8, 4) is 0 Å². The lowest BCUT2D eigenvalue weighted by molar-refractivity contribution is -0.380. The van der Waals surface area contributed by atoms with Crippen LogP contribution in [-0.4, -0.2) is 36.6 Å². The number of aryl methyl sites for hydroxylation is 1. The first-order chi connectivity index (χ1) is 12.2. The highest BCUT2D eigenvalue weighted by Gasteiger charge is 2.24. The number of carbonyl (C=O) groups excluding carboxylic acids is 1. The molecule has 0 unspecified atom stereocenters. The monoisotopic (exact) mass is 397 g/mol. The molecule has 1 amide bonds. The van der Waals surface area contributed by atoms with Gasteiger partial charge in [-0.15, -0.1) is 0 Å². The zero-order valence-corrected chi connectivity index (χ0v) is 16.2. The van der Waals surface area contributed by atoms with Crippen LogP contribution in [0.1, 0.15) is 29.1 Å². The van der Waals surface area contributed by atoms with Crippen molar-refractivity contribution in [2.75, 3.05) is 18.4 Å². The van der Waals surface area contributed by atoms with Gasteiger partial charge in [0.2, 0.25) is 10.0 Å². The minimum Gasteiger partial charge on any atom is -0.321 e. The molecule has 1 aromatic carbocycles. The number of nitrogens with zero attached hydrogens (tertiary/aromatic N) is 2. The van der Waals surface area contributed by atoms with E-state index < -0.39 is 20.9 Å². The Morgan fingerprint density at radius 1 is 1.23 bits per heavy atom. The van der Waals surface area contributed by atoms with Gasteiger partial charge in [0.15, 0.2) is 0 Å². The van der Waals surface area contributed by atoms with Gasteiger partial charge in [-0.3, -0.25) is 14.9 Å². The molecule has 2 rings (SSSR count). The number of nitrogens with one attached hydrogen (secondary N) is 1. The lowest BCUT2D eigenvalue weighted by atomic mass is 10.2. The number of hydrogen-bond acceptors (Lipinski definition) is 6. The summed E-state index contributed by atoms with van der Waals surface area (Å²) in [7, 11) is -3.67. The molecule has 0 bridgehead atoms. The van der Waals surface area contributed by atoms with E-state index in [1.54, 1.807) is 32.9 Å². The maximum absolute atomic E-state index is 12.7. The van der Waals surface area contributed by atoms with Crippen LogP contribution in [0.25, 0.3) is 0 Å². The molecule has 140 valence electrons. The second-order valence-electron chi connectivity index (χ2n) is 5.42. The van der Waals surface area contributed by atoms with Crippen molar-refractivity contribution in [1.82, 2.24) is 4.31 Å². The van der Waals surface area contributed by atoms with Crippen LogP contribution in [0.15, 0.2) is 35.2 Å². The first-order valence-corrected chi connectivity index (χ1v) is 10.1. The highest BCUT2D eigenvalue weighted by molar-refractivity contribution is 7.89. The van der Waals surface area contributed by atoms with Crippen LogP contribution in [-0.2, 0) is 10.0 Å². The third kappa shape index (κ3) is 4.09. The Labute approximate surface area is 155 Å². The molecule has 1 aromatic heterocycles. The summed E-state index contributed by atoms with van der Waals surface area (Å²) in [4.78, 5) is 22.7. The second kappa shape index (κ2) is 7.94. The summed E-state index contributed by atoms with van der Waals surface area (Å²) in [6, 6.07) is 7.23. The molecule has 1 heterocycles. The molecule has 0 saturated carbocycles. The van der Waals surface area contributed by atoms with Gasteiger partial charge >= 0.3 is 5.00 Å². The van der Waals surface area contributed by atoms with Gasteiger partial charge in [-0.1, -0.05) is 31.3 Å². The third-order valence-electron chi connectivity index (χ3n) is 3.76. The first kappa shape index (κ1) is 20.0. The summed E-state index contributed by atoms with van der Waals surface area (Å²) in [6.45, 7) is 5.88. The fraction of sp³-hybridized carbons (Fsp3) is 0.312. The van der Waals surface area contributed by atoms with Crippen LogP contribution in [0.5, 0.6) is 0 Å². The van der Waals surface area contributed by atoms with Crippen LogP contribution in [0.2, 0.25) is 0 Å². The summed E-state index contributed by atoms with van der Waals surface area (Å²) in [5, 5.41) is 13.2. The van der Waals surface area contributed by atoms with Gasteiger partial charge in [0.1, 0.15) is 0 Å². The Hall–Kier alpha value is -2.30. The molecule has 0 spiro atoms. The lowest BCUT2D eigenvalue weighted by Crippen LogP contribution is -2.31. The zero-order chi connectivity index (χ0) is 19.5. The molecule has 10 heteroatoms. The standard InChI is InChI=1S/C16H19N3O5S2/c1-4-18(5-2)26(23,24)14-10-12(7-6-11(14)3)17-16(20)13-8-9-15(25-13)19(21)22/h6-10H,4-5H2,1-3H3,(H,17,20). The van der Waals surface area contributed by atoms with E-state index in [2.05, 4.69) is 5.32 Å². The third-order valence-corrected chi connectivity index (χ3v) is 6.99. The second-order valence-corrected chi connectivity index (χ2v) is 8.39. The Morgan fingerprint density at radius 3 is 2.42 bits per heavy atom. The number of hydrogen-bond donors (Lipinski definition) is 1. The van der Waals surface area contributed by atoms with Crippen LogP contribution in [0, 0.1) is 17.0 Å². The van der Waals surface area contributed by atoms with Gasteiger partial charge in [0.05, 0.1) is 14.7 Å². The minimum absolute atomic E-state index is 0.121. The molecule has 2 aromatic rings. The average molecular weight is 397 g/mol. The number of amides is 1. The minimum atomic E-state index is -3.67.